The van der Waals surface area contributed by atoms with Gasteiger partial charge in [0.05, 0.1) is 23.8 Å². The van der Waals surface area contributed by atoms with Gasteiger partial charge in [0.2, 0.25) is 5.82 Å². The molecule has 1 aliphatic heterocycles. The molecule has 3 rings (SSSR count). The summed E-state index contributed by atoms with van der Waals surface area (Å²) in [4.78, 5) is 16.9. The van der Waals surface area contributed by atoms with E-state index in [0.717, 1.165) is 23.4 Å². The predicted molar refractivity (Wildman–Crippen MR) is 116 cm³/mol. The first kappa shape index (κ1) is 20.3. The Kier molecular flexibility index (Phi) is 5.54. The van der Waals surface area contributed by atoms with Gasteiger partial charge in [-0.25, -0.2) is 4.98 Å². The number of anilines is 2. The van der Waals surface area contributed by atoms with Crippen LogP contribution in [-0.2, 0) is 0 Å². The molecule has 1 aliphatic rings. The Morgan fingerprint density at radius 2 is 2.17 bits per heavy atom. The number of nitrogens with one attached hydrogen (secondary N) is 1. The Balaban J connectivity index is 1.97. The number of hydrogen-bond acceptors (Lipinski definition) is 7. The fourth-order valence-corrected chi connectivity index (χ4v) is 3.77. The van der Waals surface area contributed by atoms with Gasteiger partial charge < -0.3 is 9.64 Å². The van der Waals surface area contributed by atoms with Crippen molar-refractivity contribution in [1.82, 2.24) is 4.98 Å². The van der Waals surface area contributed by atoms with Crippen molar-refractivity contribution in [2.75, 3.05) is 24.0 Å². The zero-order chi connectivity index (χ0) is 21.2. The van der Waals surface area contributed by atoms with Gasteiger partial charge in [0.1, 0.15) is 5.75 Å². The molecule has 1 aromatic heterocycles. The number of aromatic nitrogens is 1. The standard InChI is InChI=1S/C21H25N5O3/c1-6-25-18-11-19(29-5)15(10-16(18)14(2)12-21(25,3)4)13-23-24-20-17(26(27)28)8-7-9-22-20/h7-13H,6H2,1-5H3,(H,22,24)/b23-13-. The average molecular weight is 395 g/mol. The van der Waals surface area contributed by atoms with E-state index < -0.39 is 4.92 Å². The Labute approximate surface area is 170 Å². The molecule has 8 nitrogen and oxygen atoms in total. The Morgan fingerprint density at radius 3 is 2.83 bits per heavy atom. The molecule has 0 amide bonds. The minimum atomic E-state index is -0.500. The van der Waals surface area contributed by atoms with Crippen molar-refractivity contribution in [3.8, 4) is 5.75 Å². The van der Waals surface area contributed by atoms with E-state index in [4.69, 9.17) is 4.74 Å². The third kappa shape index (κ3) is 3.91. The van der Waals surface area contributed by atoms with Crippen molar-refractivity contribution in [2.45, 2.75) is 33.2 Å². The van der Waals surface area contributed by atoms with Crippen LogP contribution >= 0.6 is 0 Å². The maximum Gasteiger partial charge on any atom is 0.313 e. The number of hydrogen-bond donors (Lipinski definition) is 1. The number of fused-ring (bicyclic) bond motifs is 1. The Morgan fingerprint density at radius 1 is 1.41 bits per heavy atom. The lowest BCUT2D eigenvalue weighted by Gasteiger charge is -2.43. The fourth-order valence-electron chi connectivity index (χ4n) is 3.77. The number of nitro groups is 1. The molecule has 0 saturated heterocycles. The van der Waals surface area contributed by atoms with Crippen LogP contribution in [0.5, 0.6) is 5.75 Å². The molecule has 0 unspecified atom stereocenters. The zero-order valence-corrected chi connectivity index (χ0v) is 17.3. The van der Waals surface area contributed by atoms with Gasteiger partial charge in [0, 0.05) is 41.7 Å². The van der Waals surface area contributed by atoms with Crippen molar-refractivity contribution in [1.29, 1.82) is 0 Å². The van der Waals surface area contributed by atoms with Crippen LogP contribution in [0.4, 0.5) is 17.2 Å². The first-order chi connectivity index (χ1) is 13.8. The summed E-state index contributed by atoms with van der Waals surface area (Å²) in [5.74, 6) is 0.759. The molecule has 0 fully saturated rings. The van der Waals surface area contributed by atoms with Gasteiger partial charge in [-0.05, 0) is 45.4 Å². The number of likely N-dealkylation sites (N-methyl/N-ethyl adjacent to an activating group) is 1. The van der Waals surface area contributed by atoms with E-state index in [-0.39, 0.29) is 17.0 Å². The summed E-state index contributed by atoms with van der Waals surface area (Å²) in [6.45, 7) is 9.47. The SMILES string of the molecule is CCN1c2cc(OC)c(/C=N\Nc3ncccc3[N+](=O)[O-])cc2C(C)=CC1(C)C. The van der Waals surface area contributed by atoms with Crippen molar-refractivity contribution in [3.05, 3.63) is 57.8 Å². The van der Waals surface area contributed by atoms with Crippen molar-refractivity contribution in [3.63, 3.8) is 0 Å². The number of hydrazone groups is 1. The molecule has 29 heavy (non-hydrogen) atoms. The topological polar surface area (TPSA) is 92.9 Å². The maximum atomic E-state index is 11.1. The first-order valence-corrected chi connectivity index (χ1v) is 9.36. The molecule has 0 radical (unpaired) electrons. The Bertz CT molecular complexity index is 998. The van der Waals surface area contributed by atoms with E-state index in [1.807, 2.05) is 12.1 Å². The Hall–Kier alpha value is -3.42. The summed E-state index contributed by atoms with van der Waals surface area (Å²) >= 11 is 0. The molecular weight excluding hydrogens is 370 g/mol. The number of ether oxygens (including phenoxy) is 1. The van der Waals surface area contributed by atoms with E-state index >= 15 is 0 Å². The van der Waals surface area contributed by atoms with Crippen LogP contribution in [0.2, 0.25) is 0 Å². The van der Waals surface area contributed by atoms with Crippen molar-refractivity contribution >= 4 is 29.0 Å². The lowest BCUT2D eigenvalue weighted by molar-refractivity contribution is -0.384. The largest absolute Gasteiger partial charge is 0.496 e. The first-order valence-electron chi connectivity index (χ1n) is 9.36. The van der Waals surface area contributed by atoms with E-state index in [1.165, 1.54) is 23.9 Å². The molecule has 2 aromatic rings. The maximum absolute atomic E-state index is 11.1. The van der Waals surface area contributed by atoms with Gasteiger partial charge in [-0.1, -0.05) is 6.08 Å². The molecule has 0 saturated carbocycles. The highest BCUT2D eigenvalue weighted by atomic mass is 16.6. The molecule has 0 aliphatic carbocycles. The number of benzene rings is 1. The van der Waals surface area contributed by atoms with Gasteiger partial charge in [-0.2, -0.15) is 5.10 Å². The summed E-state index contributed by atoms with van der Waals surface area (Å²) in [5.41, 5.74) is 6.59. The third-order valence-corrected chi connectivity index (χ3v) is 5.00. The van der Waals surface area contributed by atoms with Gasteiger partial charge in [0.15, 0.2) is 0 Å². The summed E-state index contributed by atoms with van der Waals surface area (Å²) in [6.07, 6.45) is 5.31. The van der Waals surface area contributed by atoms with Crippen LogP contribution in [0, 0.1) is 10.1 Å². The number of allylic oxidation sites excluding steroid dienone is 1. The lowest BCUT2D eigenvalue weighted by Crippen LogP contribution is -2.44. The summed E-state index contributed by atoms with van der Waals surface area (Å²) in [7, 11) is 1.61. The predicted octanol–water partition coefficient (Wildman–Crippen LogP) is 4.47. The number of rotatable bonds is 6. The van der Waals surface area contributed by atoms with Crippen LogP contribution in [0.3, 0.4) is 0 Å². The molecular formula is C21H25N5O3. The second-order valence-corrected chi connectivity index (χ2v) is 7.33. The summed E-state index contributed by atoms with van der Waals surface area (Å²) in [6, 6.07) is 6.92. The average Bonchev–Trinajstić information content (AvgIpc) is 2.67. The molecule has 1 aromatic carbocycles. The van der Waals surface area contributed by atoms with Gasteiger partial charge in [-0.15, -0.1) is 0 Å². The van der Waals surface area contributed by atoms with Crippen molar-refractivity contribution < 1.29 is 9.66 Å². The molecule has 8 heteroatoms. The van der Waals surface area contributed by atoms with E-state index in [2.05, 4.69) is 54.2 Å². The molecule has 2 heterocycles. The quantitative estimate of drug-likeness (QED) is 0.441. The molecule has 152 valence electrons. The molecule has 0 bridgehead atoms. The molecule has 1 N–H and O–H groups in total. The smallest absolute Gasteiger partial charge is 0.313 e. The number of nitrogens with zero attached hydrogens (tertiary/aromatic N) is 4. The van der Waals surface area contributed by atoms with Crippen LogP contribution in [0.1, 0.15) is 38.8 Å². The second kappa shape index (κ2) is 7.90. The third-order valence-electron chi connectivity index (χ3n) is 5.00. The van der Waals surface area contributed by atoms with Crippen molar-refractivity contribution in [2.24, 2.45) is 5.10 Å². The van der Waals surface area contributed by atoms with Crippen LogP contribution < -0.4 is 15.1 Å². The zero-order valence-electron chi connectivity index (χ0n) is 17.3. The van der Waals surface area contributed by atoms with Crippen LogP contribution in [0.15, 0.2) is 41.6 Å². The van der Waals surface area contributed by atoms with Gasteiger partial charge >= 0.3 is 5.69 Å². The highest BCUT2D eigenvalue weighted by molar-refractivity contribution is 5.91. The number of pyridine rings is 1. The molecule has 0 atom stereocenters. The fraction of sp³-hybridized carbons (Fsp3) is 0.333. The minimum Gasteiger partial charge on any atom is -0.496 e. The molecule has 0 spiro atoms. The highest BCUT2D eigenvalue weighted by Gasteiger charge is 2.31. The summed E-state index contributed by atoms with van der Waals surface area (Å²) < 4.78 is 5.58. The second-order valence-electron chi connectivity index (χ2n) is 7.33. The highest BCUT2D eigenvalue weighted by Crippen LogP contribution is 2.41. The normalized spacial score (nSPS) is 15.1. The number of methoxy groups -OCH3 is 1. The van der Waals surface area contributed by atoms with Gasteiger partial charge in [0.25, 0.3) is 0 Å². The lowest BCUT2D eigenvalue weighted by atomic mass is 9.88. The minimum absolute atomic E-state index is 0.0839. The van der Waals surface area contributed by atoms with Gasteiger partial charge in [-0.3, -0.25) is 15.5 Å². The van der Waals surface area contributed by atoms with Crippen LogP contribution in [0.25, 0.3) is 5.57 Å². The van der Waals surface area contributed by atoms with E-state index in [1.54, 1.807) is 13.3 Å². The monoisotopic (exact) mass is 395 g/mol. The van der Waals surface area contributed by atoms with Crippen LogP contribution in [-0.4, -0.2) is 35.3 Å². The summed E-state index contributed by atoms with van der Waals surface area (Å²) in [5, 5.41) is 15.3. The van der Waals surface area contributed by atoms with E-state index in [9.17, 15) is 10.1 Å². The van der Waals surface area contributed by atoms with E-state index in [0.29, 0.717) is 5.75 Å².